The maximum atomic E-state index is 13.9. The summed E-state index contributed by atoms with van der Waals surface area (Å²) >= 11 is 0. The van der Waals surface area contributed by atoms with Crippen molar-refractivity contribution in [3.8, 4) is 11.1 Å². The van der Waals surface area contributed by atoms with Crippen LogP contribution < -0.4 is 10.6 Å². The van der Waals surface area contributed by atoms with E-state index in [1.807, 2.05) is 30.3 Å². The minimum atomic E-state index is -0.656. The normalized spacial score (nSPS) is 17.5. The minimum Gasteiger partial charge on any atom is -0.445 e. The number of likely N-dealkylation sites (tertiary alicyclic amines) is 1. The Morgan fingerprint density at radius 1 is 0.925 bits per heavy atom. The molecule has 2 aliphatic rings. The lowest BCUT2D eigenvalue weighted by atomic mass is 9.73. The lowest BCUT2D eigenvalue weighted by molar-refractivity contribution is -0.125. The number of hydrogen-bond acceptors (Lipinski definition) is 4. The van der Waals surface area contributed by atoms with Gasteiger partial charge in [0.25, 0.3) is 0 Å². The van der Waals surface area contributed by atoms with Gasteiger partial charge in [-0.3, -0.25) is 4.79 Å². The fourth-order valence-electron chi connectivity index (χ4n) is 6.38. The number of nitrogens with one attached hydrogen (secondary N) is 2. The van der Waals surface area contributed by atoms with E-state index in [-0.39, 0.29) is 24.6 Å². The predicted octanol–water partition coefficient (Wildman–Crippen LogP) is 6.04. The molecule has 2 N–H and O–H groups in total. The largest absolute Gasteiger partial charge is 0.445 e. The number of ether oxygens (including phenoxy) is 1. The van der Waals surface area contributed by atoms with Crippen molar-refractivity contribution in [2.45, 2.75) is 63.5 Å². The number of unbranched alkanes of at least 4 members (excludes halogenated alkanes) is 1. The van der Waals surface area contributed by atoms with Gasteiger partial charge in [0.2, 0.25) is 5.91 Å². The first-order chi connectivity index (χ1) is 19.6. The van der Waals surface area contributed by atoms with Gasteiger partial charge in [-0.25, -0.2) is 4.79 Å². The number of alkyl carbamates (subject to hydrolysis) is 1. The number of benzene rings is 3. The Kier molecular flexibility index (Phi) is 9.17. The summed E-state index contributed by atoms with van der Waals surface area (Å²) in [6, 6.07) is 26.6. The van der Waals surface area contributed by atoms with Crippen molar-refractivity contribution >= 4 is 12.0 Å². The lowest BCUT2D eigenvalue weighted by Gasteiger charge is -2.34. The van der Waals surface area contributed by atoms with Gasteiger partial charge < -0.3 is 20.3 Å². The van der Waals surface area contributed by atoms with E-state index >= 15 is 0 Å². The zero-order valence-corrected chi connectivity index (χ0v) is 23.5. The van der Waals surface area contributed by atoms with E-state index in [0.29, 0.717) is 6.54 Å². The van der Waals surface area contributed by atoms with E-state index in [2.05, 4.69) is 71.0 Å². The summed E-state index contributed by atoms with van der Waals surface area (Å²) < 4.78 is 5.43. The van der Waals surface area contributed by atoms with Crippen LogP contribution in [-0.2, 0) is 21.6 Å². The molecule has 3 aromatic rings. The number of amides is 2. The highest BCUT2D eigenvalue weighted by Crippen LogP contribution is 2.51. The van der Waals surface area contributed by atoms with Crippen molar-refractivity contribution in [1.29, 1.82) is 0 Å². The van der Waals surface area contributed by atoms with Crippen LogP contribution in [-0.4, -0.2) is 49.1 Å². The average molecular weight is 540 g/mol. The molecule has 1 saturated heterocycles. The summed E-state index contributed by atoms with van der Waals surface area (Å²) in [6.45, 7) is 5.86. The van der Waals surface area contributed by atoms with Crippen molar-refractivity contribution in [2.75, 3.05) is 26.2 Å². The molecule has 0 saturated carbocycles. The second kappa shape index (κ2) is 13.1. The van der Waals surface area contributed by atoms with Crippen LogP contribution in [0.2, 0.25) is 0 Å². The average Bonchev–Trinajstić information content (AvgIpc) is 3.28. The molecule has 6 nitrogen and oxygen atoms in total. The van der Waals surface area contributed by atoms with Gasteiger partial charge in [-0.05, 0) is 73.0 Å². The fourth-order valence-corrected chi connectivity index (χ4v) is 6.38. The Labute approximate surface area is 238 Å². The standard InChI is InChI=1S/C34H41N3O3/c1-2-21-35-32(38)34(30-18-8-6-16-28(30)29-17-7-9-19-31(29)34)20-10-11-22-37-23-12-15-27(24-37)36-33(39)40-25-26-13-4-3-5-14-26/h3-9,13-14,16-19,27H,2,10-12,15,20-25H2,1H3,(H,35,38)(H,36,39). The lowest BCUT2D eigenvalue weighted by Crippen LogP contribution is -2.48. The monoisotopic (exact) mass is 539 g/mol. The number of carbonyl (C=O) groups excluding carboxylic acids is 2. The second-order valence-electron chi connectivity index (χ2n) is 11.1. The third-order valence-electron chi connectivity index (χ3n) is 8.30. The molecule has 6 heteroatoms. The molecule has 0 aromatic heterocycles. The molecule has 1 aliphatic carbocycles. The summed E-state index contributed by atoms with van der Waals surface area (Å²) in [5.41, 5.74) is 4.93. The number of piperidine rings is 1. The zero-order valence-electron chi connectivity index (χ0n) is 23.5. The zero-order chi connectivity index (χ0) is 27.8. The van der Waals surface area contributed by atoms with Crippen molar-refractivity contribution in [3.63, 3.8) is 0 Å². The van der Waals surface area contributed by atoms with Crippen LogP contribution in [0, 0.1) is 0 Å². The predicted molar refractivity (Wildman–Crippen MR) is 159 cm³/mol. The van der Waals surface area contributed by atoms with E-state index in [9.17, 15) is 9.59 Å². The van der Waals surface area contributed by atoms with Gasteiger partial charge in [0.15, 0.2) is 0 Å². The van der Waals surface area contributed by atoms with Gasteiger partial charge in [-0.15, -0.1) is 0 Å². The van der Waals surface area contributed by atoms with Gasteiger partial charge in [0.1, 0.15) is 12.0 Å². The molecule has 0 spiro atoms. The third kappa shape index (κ3) is 6.07. The van der Waals surface area contributed by atoms with Crippen LogP contribution in [0.5, 0.6) is 0 Å². The molecule has 3 aromatic carbocycles. The van der Waals surface area contributed by atoms with Crippen molar-refractivity contribution < 1.29 is 14.3 Å². The van der Waals surface area contributed by atoms with E-state index < -0.39 is 5.41 Å². The first-order valence-electron chi connectivity index (χ1n) is 14.8. The Balaban J connectivity index is 1.18. The van der Waals surface area contributed by atoms with Crippen LogP contribution >= 0.6 is 0 Å². The summed E-state index contributed by atoms with van der Waals surface area (Å²) in [7, 11) is 0. The summed E-state index contributed by atoms with van der Waals surface area (Å²) in [4.78, 5) is 28.7. The Morgan fingerprint density at radius 3 is 2.30 bits per heavy atom. The first kappa shape index (κ1) is 27.9. The number of fused-ring (bicyclic) bond motifs is 3. The molecule has 1 heterocycles. The van der Waals surface area contributed by atoms with E-state index in [0.717, 1.165) is 74.8 Å². The molecule has 40 heavy (non-hydrogen) atoms. The highest BCUT2D eigenvalue weighted by Gasteiger charge is 2.48. The van der Waals surface area contributed by atoms with Crippen LogP contribution in [0.4, 0.5) is 4.79 Å². The molecule has 210 valence electrons. The highest BCUT2D eigenvalue weighted by molar-refractivity contribution is 6.00. The Bertz CT molecular complexity index is 1250. The maximum absolute atomic E-state index is 13.9. The maximum Gasteiger partial charge on any atom is 0.407 e. The summed E-state index contributed by atoms with van der Waals surface area (Å²) in [6.07, 6.45) is 5.29. The van der Waals surface area contributed by atoms with Crippen LogP contribution in [0.1, 0.15) is 62.1 Å². The molecular formula is C34H41N3O3. The molecule has 5 rings (SSSR count). The fraction of sp³-hybridized carbons (Fsp3) is 0.412. The molecule has 2 amide bonds. The van der Waals surface area contributed by atoms with Crippen LogP contribution in [0.25, 0.3) is 11.1 Å². The number of carbonyl (C=O) groups is 2. The topological polar surface area (TPSA) is 70.7 Å². The first-order valence-corrected chi connectivity index (χ1v) is 14.8. The molecule has 1 unspecified atom stereocenters. The minimum absolute atomic E-state index is 0.0942. The van der Waals surface area contributed by atoms with Crippen LogP contribution in [0.3, 0.4) is 0 Å². The molecular weight excluding hydrogens is 498 g/mol. The smallest absolute Gasteiger partial charge is 0.407 e. The number of hydrogen-bond donors (Lipinski definition) is 2. The molecule has 0 radical (unpaired) electrons. The van der Waals surface area contributed by atoms with E-state index in [4.69, 9.17) is 4.74 Å². The summed E-state index contributed by atoms with van der Waals surface area (Å²) in [5.74, 6) is 0.114. The molecule has 1 fully saturated rings. The van der Waals surface area contributed by atoms with Gasteiger partial charge >= 0.3 is 6.09 Å². The van der Waals surface area contributed by atoms with Gasteiger partial charge in [-0.2, -0.15) is 0 Å². The third-order valence-corrected chi connectivity index (χ3v) is 8.30. The Hall–Kier alpha value is -3.64. The second-order valence-corrected chi connectivity index (χ2v) is 11.1. The van der Waals surface area contributed by atoms with Gasteiger partial charge in [0.05, 0.1) is 0 Å². The number of nitrogens with zero attached hydrogens (tertiary/aromatic N) is 1. The van der Waals surface area contributed by atoms with Crippen molar-refractivity contribution in [2.24, 2.45) is 0 Å². The quantitative estimate of drug-likeness (QED) is 0.292. The summed E-state index contributed by atoms with van der Waals surface area (Å²) in [5, 5.41) is 6.29. The van der Waals surface area contributed by atoms with Gasteiger partial charge in [0, 0.05) is 19.1 Å². The molecule has 0 bridgehead atoms. The van der Waals surface area contributed by atoms with E-state index in [1.54, 1.807) is 0 Å². The Morgan fingerprint density at radius 2 is 1.60 bits per heavy atom. The van der Waals surface area contributed by atoms with Crippen molar-refractivity contribution in [1.82, 2.24) is 15.5 Å². The molecule has 1 atom stereocenters. The van der Waals surface area contributed by atoms with Crippen LogP contribution in [0.15, 0.2) is 78.9 Å². The van der Waals surface area contributed by atoms with Gasteiger partial charge in [-0.1, -0.05) is 92.2 Å². The molecule has 1 aliphatic heterocycles. The van der Waals surface area contributed by atoms with E-state index in [1.165, 1.54) is 11.1 Å². The SMILES string of the molecule is CCCNC(=O)C1(CCCCN2CCCC(NC(=O)OCc3ccccc3)C2)c2ccccc2-c2ccccc21. The highest BCUT2D eigenvalue weighted by atomic mass is 16.5. The van der Waals surface area contributed by atoms with Crippen molar-refractivity contribution in [3.05, 3.63) is 95.6 Å². The number of rotatable bonds is 11.